The molecule has 0 saturated carbocycles. The summed E-state index contributed by atoms with van der Waals surface area (Å²) in [7, 11) is 2.21. The van der Waals surface area contributed by atoms with Crippen LogP contribution in [0.25, 0.3) is 11.0 Å². The number of nitrogens with one attached hydrogen (secondary N) is 1. The number of rotatable bonds is 0. The van der Waals surface area contributed by atoms with E-state index < -0.39 is 0 Å². The molecular weight excluding hydrogens is 302 g/mol. The van der Waals surface area contributed by atoms with Crippen molar-refractivity contribution in [3.8, 4) is 0 Å². The molecule has 0 saturated heterocycles. The van der Waals surface area contributed by atoms with Crippen LogP contribution >= 0.6 is 12.2 Å². The van der Waals surface area contributed by atoms with Crippen molar-refractivity contribution in [3.05, 3.63) is 28.5 Å². The van der Waals surface area contributed by atoms with Crippen LogP contribution < -0.4 is 0 Å². The largest absolute Gasteiger partial charge is 0.331 e. The summed E-state index contributed by atoms with van der Waals surface area (Å²) in [5.74, 6) is 0. The summed E-state index contributed by atoms with van der Waals surface area (Å²) in [6.45, 7) is 17.1. The molecule has 2 aromatic rings. The normalized spacial score (nSPS) is 22.5. The van der Waals surface area contributed by atoms with Crippen LogP contribution in [0.1, 0.15) is 67.0 Å². The van der Waals surface area contributed by atoms with E-state index in [4.69, 9.17) is 12.2 Å². The Hall–Kier alpha value is -1.13. The van der Waals surface area contributed by atoms with Crippen molar-refractivity contribution < 1.29 is 0 Å². The van der Waals surface area contributed by atoms with Crippen molar-refractivity contribution in [2.45, 2.75) is 73.0 Å². The van der Waals surface area contributed by atoms with E-state index >= 15 is 0 Å². The number of aromatic nitrogens is 2. The summed E-state index contributed by atoms with van der Waals surface area (Å²) in [6.07, 6.45) is 0. The molecule has 1 aromatic heterocycles. The fourth-order valence-corrected chi connectivity index (χ4v) is 3.67. The first-order chi connectivity index (χ1) is 10.9. The lowest BCUT2D eigenvalue weighted by Crippen LogP contribution is -2.45. The molecule has 1 N–H and O–H groups in total. The van der Waals surface area contributed by atoms with Crippen molar-refractivity contribution >= 4 is 23.3 Å². The monoisotopic (exact) mass is 335 g/mol. The van der Waals surface area contributed by atoms with Gasteiger partial charge in [-0.1, -0.05) is 39.8 Å². The van der Waals surface area contributed by atoms with Gasteiger partial charge >= 0.3 is 0 Å². The van der Waals surface area contributed by atoms with E-state index in [1.807, 2.05) is 27.7 Å². The SMILES string of the molecule is CC.CC.CC1C(C)n2c(=S)[nH]c3cccc(c32)C(C)(C)N1C. The molecule has 1 aliphatic rings. The minimum absolute atomic E-state index is 0.00456. The van der Waals surface area contributed by atoms with Gasteiger partial charge in [0.1, 0.15) is 0 Å². The highest BCUT2D eigenvalue weighted by atomic mass is 32.1. The number of para-hydroxylation sites is 1. The Morgan fingerprint density at radius 1 is 1.04 bits per heavy atom. The highest BCUT2D eigenvalue weighted by Crippen LogP contribution is 2.40. The molecule has 0 amide bonds. The molecule has 4 heteroatoms. The summed E-state index contributed by atoms with van der Waals surface area (Å²) in [5.41, 5.74) is 3.75. The molecule has 23 heavy (non-hydrogen) atoms. The standard InChI is InChI=1S/C15H21N3S.2C2H6/c1-9-10(2)18-13-11(15(3,4)17(9)5)7-6-8-12(13)16-14(18)19;2*1-2/h6-10H,1-5H3,(H,16,19);2*1-2H3. The second kappa shape index (κ2) is 7.63. The Balaban J connectivity index is 0.000000615. The van der Waals surface area contributed by atoms with Gasteiger partial charge in [-0.3, -0.25) is 4.90 Å². The van der Waals surface area contributed by atoms with Gasteiger partial charge in [-0.2, -0.15) is 0 Å². The third-order valence-corrected chi connectivity index (χ3v) is 5.29. The molecular formula is C19H33N3S. The fourth-order valence-electron chi connectivity index (χ4n) is 3.30. The molecule has 1 aromatic carbocycles. The molecule has 1 aliphatic heterocycles. The third-order valence-electron chi connectivity index (χ3n) is 4.99. The molecule has 3 nitrogen and oxygen atoms in total. The quantitative estimate of drug-likeness (QED) is 0.608. The Bertz CT molecular complexity index is 696. The van der Waals surface area contributed by atoms with Crippen molar-refractivity contribution in [2.24, 2.45) is 0 Å². The van der Waals surface area contributed by atoms with Gasteiger partial charge in [0.25, 0.3) is 0 Å². The summed E-state index contributed by atoms with van der Waals surface area (Å²) in [4.78, 5) is 5.80. The van der Waals surface area contributed by atoms with Crippen LogP contribution in [0.3, 0.4) is 0 Å². The Morgan fingerprint density at radius 2 is 1.61 bits per heavy atom. The number of nitrogens with zero attached hydrogens (tertiary/aromatic N) is 2. The van der Waals surface area contributed by atoms with Crippen molar-refractivity contribution in [1.82, 2.24) is 14.5 Å². The topological polar surface area (TPSA) is 24.0 Å². The zero-order valence-corrected chi connectivity index (χ0v) is 17.0. The van der Waals surface area contributed by atoms with Crippen LogP contribution in [0.5, 0.6) is 0 Å². The fraction of sp³-hybridized carbons (Fsp3) is 0.632. The van der Waals surface area contributed by atoms with Gasteiger partial charge in [-0.25, -0.2) is 0 Å². The van der Waals surface area contributed by atoms with Crippen LogP contribution in [0.4, 0.5) is 0 Å². The molecule has 130 valence electrons. The summed E-state index contributed by atoms with van der Waals surface area (Å²) < 4.78 is 3.11. The summed E-state index contributed by atoms with van der Waals surface area (Å²) >= 11 is 5.54. The van der Waals surface area contributed by atoms with Crippen LogP contribution in [0, 0.1) is 4.77 Å². The minimum Gasteiger partial charge on any atom is -0.331 e. The third kappa shape index (κ3) is 3.11. The van der Waals surface area contributed by atoms with Gasteiger partial charge in [0.05, 0.1) is 11.0 Å². The van der Waals surface area contributed by atoms with E-state index in [-0.39, 0.29) is 5.54 Å². The smallest absolute Gasteiger partial charge is 0.178 e. The zero-order valence-electron chi connectivity index (χ0n) is 16.2. The van der Waals surface area contributed by atoms with Gasteiger partial charge in [-0.15, -0.1) is 0 Å². The highest BCUT2D eigenvalue weighted by molar-refractivity contribution is 7.71. The predicted octanol–water partition coefficient (Wildman–Crippen LogP) is 5.88. The maximum atomic E-state index is 5.54. The molecule has 0 fully saturated rings. The molecule has 0 aliphatic carbocycles. The Labute approximate surface area is 146 Å². The lowest BCUT2D eigenvalue weighted by Gasteiger charge is -2.40. The number of aromatic amines is 1. The van der Waals surface area contributed by atoms with Crippen LogP contribution in [0.2, 0.25) is 0 Å². The number of benzene rings is 1. The van der Waals surface area contributed by atoms with Crippen molar-refractivity contribution in [2.75, 3.05) is 7.05 Å². The first-order valence-corrected chi connectivity index (χ1v) is 9.23. The van der Waals surface area contributed by atoms with E-state index in [0.29, 0.717) is 12.1 Å². The minimum atomic E-state index is -0.00456. The van der Waals surface area contributed by atoms with Crippen molar-refractivity contribution in [1.29, 1.82) is 0 Å². The first-order valence-electron chi connectivity index (χ1n) is 8.82. The van der Waals surface area contributed by atoms with E-state index in [0.717, 1.165) is 10.3 Å². The first kappa shape index (κ1) is 19.9. The predicted molar refractivity (Wildman–Crippen MR) is 105 cm³/mol. The highest BCUT2D eigenvalue weighted by Gasteiger charge is 2.37. The Morgan fingerprint density at radius 3 is 2.17 bits per heavy atom. The number of likely N-dealkylation sites (N-methyl/N-ethyl adjacent to an activating group) is 1. The number of imidazole rings is 1. The van der Waals surface area contributed by atoms with Gasteiger partial charge in [0, 0.05) is 17.6 Å². The van der Waals surface area contributed by atoms with E-state index in [2.05, 4.69) is 67.4 Å². The van der Waals surface area contributed by atoms with Crippen LogP contribution in [-0.2, 0) is 5.54 Å². The molecule has 2 unspecified atom stereocenters. The van der Waals surface area contributed by atoms with Gasteiger partial charge < -0.3 is 9.55 Å². The average Bonchev–Trinajstić information content (AvgIpc) is 2.89. The number of H-pyrrole nitrogens is 1. The van der Waals surface area contributed by atoms with E-state index in [1.165, 1.54) is 11.1 Å². The van der Waals surface area contributed by atoms with Gasteiger partial charge in [0.15, 0.2) is 4.77 Å². The van der Waals surface area contributed by atoms with Crippen LogP contribution in [0.15, 0.2) is 18.2 Å². The second-order valence-electron chi connectivity index (χ2n) is 6.15. The van der Waals surface area contributed by atoms with Crippen LogP contribution in [-0.4, -0.2) is 27.5 Å². The van der Waals surface area contributed by atoms with E-state index in [9.17, 15) is 0 Å². The number of hydrogen-bond acceptors (Lipinski definition) is 2. The summed E-state index contributed by atoms with van der Waals surface area (Å²) in [6, 6.07) is 7.23. The second-order valence-corrected chi connectivity index (χ2v) is 6.54. The average molecular weight is 336 g/mol. The molecule has 0 bridgehead atoms. The molecule has 3 rings (SSSR count). The van der Waals surface area contributed by atoms with E-state index in [1.54, 1.807) is 0 Å². The lowest BCUT2D eigenvalue weighted by atomic mass is 9.91. The number of hydrogen-bond donors (Lipinski definition) is 1. The Kier molecular flexibility index (Phi) is 6.60. The maximum absolute atomic E-state index is 5.54. The summed E-state index contributed by atoms with van der Waals surface area (Å²) in [5, 5.41) is 0. The maximum Gasteiger partial charge on any atom is 0.178 e. The van der Waals surface area contributed by atoms with Gasteiger partial charge in [0.2, 0.25) is 0 Å². The molecule has 2 heterocycles. The molecule has 0 spiro atoms. The lowest BCUT2D eigenvalue weighted by molar-refractivity contribution is 0.0898. The zero-order chi connectivity index (χ0) is 17.9. The molecule has 2 atom stereocenters. The van der Waals surface area contributed by atoms with Gasteiger partial charge in [-0.05, 0) is 58.6 Å². The van der Waals surface area contributed by atoms with Crippen molar-refractivity contribution in [3.63, 3.8) is 0 Å². The molecule has 0 radical (unpaired) electrons.